The van der Waals surface area contributed by atoms with E-state index in [1.165, 1.54) is 25.7 Å². The minimum Gasteiger partial charge on any atom is -0.473 e. The molecule has 0 aromatic rings. The van der Waals surface area contributed by atoms with Gasteiger partial charge in [-0.3, -0.25) is 0 Å². The summed E-state index contributed by atoms with van der Waals surface area (Å²) >= 11 is 0. The second kappa shape index (κ2) is 13.6. The fourth-order valence-electron chi connectivity index (χ4n) is 2.76. The Bertz CT molecular complexity index is 301. The normalized spacial score (nSPS) is 13.6. The molecule has 0 amide bonds. The zero-order valence-corrected chi connectivity index (χ0v) is 14.6. The molecule has 0 bridgehead atoms. The van der Waals surface area contributed by atoms with Gasteiger partial charge in [0.15, 0.2) is 0 Å². The van der Waals surface area contributed by atoms with Crippen molar-refractivity contribution < 1.29 is 19.4 Å². The minimum absolute atomic E-state index is 0.243. The van der Waals surface area contributed by atoms with Crippen molar-refractivity contribution in [3.8, 4) is 0 Å². The van der Waals surface area contributed by atoms with Gasteiger partial charge in [-0.05, 0) is 25.2 Å². The molecule has 0 aliphatic rings. The summed E-state index contributed by atoms with van der Waals surface area (Å²) in [4.78, 5) is 22.1. The van der Waals surface area contributed by atoms with Gasteiger partial charge in [0.05, 0.1) is 0 Å². The predicted octanol–water partition coefficient (Wildman–Crippen LogP) is 4.95. The van der Waals surface area contributed by atoms with Crippen molar-refractivity contribution in [2.75, 3.05) is 0 Å². The minimum atomic E-state index is -1.49. The molecule has 2 unspecified atom stereocenters. The van der Waals surface area contributed by atoms with Gasteiger partial charge in [0.2, 0.25) is 0 Å². The monoisotopic (exact) mass is 314 g/mol. The van der Waals surface area contributed by atoms with Crippen LogP contribution in [0.15, 0.2) is 0 Å². The Morgan fingerprint density at radius 2 is 1.55 bits per heavy atom. The van der Waals surface area contributed by atoms with Crippen molar-refractivity contribution >= 4 is 11.9 Å². The van der Waals surface area contributed by atoms with Crippen LogP contribution in [0.2, 0.25) is 0 Å². The molecule has 1 N–H and O–H groups in total. The maximum absolute atomic E-state index is 11.4. The molecule has 0 saturated heterocycles. The van der Waals surface area contributed by atoms with Crippen LogP contribution in [0.1, 0.15) is 91.4 Å². The number of rotatable bonds is 13. The Labute approximate surface area is 135 Å². The molecule has 0 aromatic heterocycles. The van der Waals surface area contributed by atoms with Gasteiger partial charge in [-0.1, -0.05) is 72.1 Å². The number of esters is 1. The number of ether oxygens (including phenoxy) is 1. The quantitative estimate of drug-likeness (QED) is 0.297. The largest absolute Gasteiger partial charge is 0.473 e. The van der Waals surface area contributed by atoms with E-state index in [9.17, 15) is 9.59 Å². The van der Waals surface area contributed by atoms with E-state index in [4.69, 9.17) is 9.84 Å². The average Bonchev–Trinajstić information content (AvgIpc) is 2.50. The SMILES string of the molecule is CCCCCCCC(CC(CC)CCCC)OC(=O)C(=O)O. The van der Waals surface area contributed by atoms with Crippen LogP contribution < -0.4 is 0 Å². The van der Waals surface area contributed by atoms with Crippen molar-refractivity contribution in [1.29, 1.82) is 0 Å². The van der Waals surface area contributed by atoms with Gasteiger partial charge in [-0.25, -0.2) is 9.59 Å². The van der Waals surface area contributed by atoms with Crippen LogP contribution in [0.3, 0.4) is 0 Å². The molecule has 0 aliphatic carbocycles. The maximum atomic E-state index is 11.4. The lowest BCUT2D eigenvalue weighted by Crippen LogP contribution is -2.26. The van der Waals surface area contributed by atoms with Crippen molar-refractivity contribution in [3.63, 3.8) is 0 Å². The van der Waals surface area contributed by atoms with Crippen LogP contribution in [0.25, 0.3) is 0 Å². The molecule has 4 heteroatoms. The van der Waals surface area contributed by atoms with Crippen LogP contribution in [-0.2, 0) is 14.3 Å². The van der Waals surface area contributed by atoms with Gasteiger partial charge in [0, 0.05) is 0 Å². The lowest BCUT2D eigenvalue weighted by atomic mass is 9.91. The molecule has 0 aliphatic heterocycles. The predicted molar refractivity (Wildman–Crippen MR) is 88.8 cm³/mol. The molecule has 22 heavy (non-hydrogen) atoms. The molecule has 0 fully saturated rings. The number of carbonyl (C=O) groups is 2. The summed E-state index contributed by atoms with van der Waals surface area (Å²) in [5, 5.41) is 8.73. The van der Waals surface area contributed by atoms with Gasteiger partial charge in [0.1, 0.15) is 6.10 Å². The number of hydrogen-bond acceptors (Lipinski definition) is 3. The number of carboxylic acid groups (broad SMARTS) is 1. The highest BCUT2D eigenvalue weighted by Crippen LogP contribution is 2.23. The van der Waals surface area contributed by atoms with Crippen LogP contribution >= 0.6 is 0 Å². The third-order valence-electron chi connectivity index (χ3n) is 4.22. The third kappa shape index (κ3) is 10.6. The molecule has 0 aromatic carbocycles. The van der Waals surface area contributed by atoms with Crippen LogP contribution in [0.4, 0.5) is 0 Å². The summed E-state index contributed by atoms with van der Waals surface area (Å²) in [6.45, 7) is 6.50. The third-order valence-corrected chi connectivity index (χ3v) is 4.22. The first-order valence-corrected chi connectivity index (χ1v) is 8.98. The topological polar surface area (TPSA) is 63.6 Å². The number of carboxylic acids is 1. The molecule has 4 nitrogen and oxygen atoms in total. The fraction of sp³-hybridized carbons (Fsp3) is 0.889. The first-order chi connectivity index (χ1) is 10.5. The van der Waals surface area contributed by atoms with Crippen molar-refractivity contribution in [1.82, 2.24) is 0 Å². The molecular formula is C18H34O4. The lowest BCUT2D eigenvalue weighted by Gasteiger charge is -2.22. The van der Waals surface area contributed by atoms with E-state index in [1.807, 2.05) is 0 Å². The Morgan fingerprint density at radius 3 is 2.09 bits per heavy atom. The first kappa shape index (κ1) is 20.9. The van der Waals surface area contributed by atoms with E-state index >= 15 is 0 Å². The van der Waals surface area contributed by atoms with E-state index < -0.39 is 11.9 Å². The Kier molecular flexibility index (Phi) is 12.9. The van der Waals surface area contributed by atoms with Gasteiger partial charge in [0.25, 0.3) is 0 Å². The van der Waals surface area contributed by atoms with E-state index in [-0.39, 0.29) is 6.10 Å². The van der Waals surface area contributed by atoms with E-state index in [1.54, 1.807) is 0 Å². The Balaban J connectivity index is 4.36. The zero-order valence-electron chi connectivity index (χ0n) is 14.6. The van der Waals surface area contributed by atoms with E-state index in [0.29, 0.717) is 5.92 Å². The molecule has 0 radical (unpaired) electrons. The lowest BCUT2D eigenvalue weighted by molar-refractivity contribution is -0.168. The number of carbonyl (C=O) groups excluding carboxylic acids is 1. The Morgan fingerprint density at radius 1 is 0.909 bits per heavy atom. The van der Waals surface area contributed by atoms with Crippen LogP contribution in [0.5, 0.6) is 0 Å². The van der Waals surface area contributed by atoms with Crippen molar-refractivity contribution in [3.05, 3.63) is 0 Å². The smallest absolute Gasteiger partial charge is 0.417 e. The van der Waals surface area contributed by atoms with Gasteiger partial charge in [-0.15, -0.1) is 0 Å². The second-order valence-corrected chi connectivity index (χ2v) is 6.19. The number of unbranched alkanes of at least 4 members (excludes halogenated alkanes) is 5. The maximum Gasteiger partial charge on any atom is 0.417 e. The molecule has 2 atom stereocenters. The highest BCUT2D eigenvalue weighted by Gasteiger charge is 2.22. The van der Waals surface area contributed by atoms with Gasteiger partial charge in [-0.2, -0.15) is 0 Å². The first-order valence-electron chi connectivity index (χ1n) is 8.98. The van der Waals surface area contributed by atoms with Gasteiger partial charge >= 0.3 is 11.9 Å². The van der Waals surface area contributed by atoms with E-state index in [0.717, 1.165) is 44.9 Å². The summed E-state index contributed by atoms with van der Waals surface area (Å²) in [7, 11) is 0. The van der Waals surface area contributed by atoms with Crippen molar-refractivity contribution in [2.45, 2.75) is 97.5 Å². The van der Waals surface area contributed by atoms with Crippen LogP contribution in [0, 0.1) is 5.92 Å². The highest BCUT2D eigenvalue weighted by atomic mass is 16.6. The molecule has 0 spiro atoms. The molecular weight excluding hydrogens is 280 g/mol. The van der Waals surface area contributed by atoms with Crippen LogP contribution in [-0.4, -0.2) is 23.1 Å². The molecule has 0 saturated carbocycles. The highest BCUT2D eigenvalue weighted by molar-refractivity contribution is 6.28. The Hall–Kier alpha value is -1.06. The molecule has 0 heterocycles. The van der Waals surface area contributed by atoms with E-state index in [2.05, 4.69) is 20.8 Å². The summed E-state index contributed by atoms with van der Waals surface area (Å²) in [6, 6.07) is 0. The van der Waals surface area contributed by atoms with Crippen molar-refractivity contribution in [2.24, 2.45) is 5.92 Å². The molecule has 130 valence electrons. The average molecular weight is 314 g/mol. The zero-order chi connectivity index (χ0) is 16.8. The summed E-state index contributed by atoms with van der Waals surface area (Å²) in [5.74, 6) is -2.08. The summed E-state index contributed by atoms with van der Waals surface area (Å²) in [6.07, 6.45) is 11.6. The number of aliphatic carboxylic acids is 1. The number of hydrogen-bond donors (Lipinski definition) is 1. The molecule has 0 rings (SSSR count). The second-order valence-electron chi connectivity index (χ2n) is 6.19. The summed E-state index contributed by atoms with van der Waals surface area (Å²) in [5.41, 5.74) is 0. The van der Waals surface area contributed by atoms with Gasteiger partial charge < -0.3 is 9.84 Å². The fourth-order valence-corrected chi connectivity index (χ4v) is 2.76. The standard InChI is InChI=1S/C18H34O4/c1-4-7-9-10-11-13-16(22-18(21)17(19)20)14-15(6-3)12-8-5-2/h15-16H,4-14H2,1-3H3,(H,19,20). The summed E-state index contributed by atoms with van der Waals surface area (Å²) < 4.78 is 5.19.